The van der Waals surface area contributed by atoms with Gasteiger partial charge in [-0.15, -0.1) is 0 Å². The van der Waals surface area contributed by atoms with Crippen molar-refractivity contribution < 1.29 is 33.9 Å². The van der Waals surface area contributed by atoms with E-state index in [1.807, 2.05) is 51.1 Å². The topological polar surface area (TPSA) is 86.6 Å². The van der Waals surface area contributed by atoms with Crippen molar-refractivity contribution in [1.82, 2.24) is 0 Å². The Morgan fingerprint density at radius 2 is 1.81 bits per heavy atom. The Balaban J connectivity index is 1.66. The van der Waals surface area contributed by atoms with Gasteiger partial charge in [-0.1, -0.05) is 44.2 Å². The summed E-state index contributed by atoms with van der Waals surface area (Å²) in [6, 6.07) is 9.81. The Hall–Kier alpha value is -1.06. The van der Waals surface area contributed by atoms with Crippen molar-refractivity contribution in [3.63, 3.8) is 0 Å². The molecule has 2 heterocycles. The van der Waals surface area contributed by atoms with E-state index < -0.39 is 30.7 Å². The van der Waals surface area contributed by atoms with E-state index in [1.165, 1.54) is 0 Å². The first-order valence-corrected chi connectivity index (χ1v) is 9.54. The maximum Gasteiger partial charge on any atom is 0.190 e. The molecule has 0 aliphatic carbocycles. The fraction of sp³-hybridized carbons (Fsp3) is 0.700. The van der Waals surface area contributed by atoms with Crippen LogP contribution in [0.5, 0.6) is 0 Å². The normalized spacial score (nSPS) is 32.6. The predicted molar refractivity (Wildman–Crippen MR) is 96.9 cm³/mol. The van der Waals surface area contributed by atoms with Gasteiger partial charge in [0, 0.05) is 5.92 Å². The van der Waals surface area contributed by atoms with Crippen molar-refractivity contribution in [2.24, 2.45) is 5.92 Å². The summed E-state index contributed by atoms with van der Waals surface area (Å²) >= 11 is 0. The molecule has 3 rings (SSSR count). The lowest BCUT2D eigenvalue weighted by Gasteiger charge is -2.30. The molecule has 0 saturated carbocycles. The monoisotopic (exact) mass is 382 g/mol. The molecule has 0 amide bonds. The van der Waals surface area contributed by atoms with Gasteiger partial charge in [0.05, 0.1) is 25.9 Å². The van der Waals surface area contributed by atoms with Crippen molar-refractivity contribution >= 4 is 0 Å². The zero-order chi connectivity index (χ0) is 19.4. The molecule has 2 fully saturated rings. The van der Waals surface area contributed by atoms with Crippen LogP contribution in [-0.4, -0.2) is 67.0 Å². The summed E-state index contributed by atoms with van der Waals surface area (Å²) in [5, 5.41) is 19.7. The quantitative estimate of drug-likeness (QED) is 0.628. The highest BCUT2D eigenvalue weighted by molar-refractivity contribution is 5.17. The minimum Gasteiger partial charge on any atom is -0.394 e. The highest BCUT2D eigenvalue weighted by Crippen LogP contribution is 2.37. The van der Waals surface area contributed by atoms with Gasteiger partial charge in [0.15, 0.2) is 12.6 Å². The van der Waals surface area contributed by atoms with E-state index in [0.717, 1.165) is 5.56 Å². The first-order chi connectivity index (χ1) is 13.0. The van der Waals surface area contributed by atoms with E-state index >= 15 is 0 Å². The fourth-order valence-electron chi connectivity index (χ4n) is 3.40. The SMILES string of the molecule is CC(OC(COCCO)[C@H]1OC2O[C@@H](C(C)C)OC2C1O)c1ccccc1. The number of aliphatic hydroxyl groups is 2. The lowest BCUT2D eigenvalue weighted by Crippen LogP contribution is -2.44. The lowest BCUT2D eigenvalue weighted by molar-refractivity contribution is -0.213. The Labute approximate surface area is 160 Å². The third kappa shape index (κ3) is 4.86. The van der Waals surface area contributed by atoms with Gasteiger partial charge in [0.2, 0.25) is 0 Å². The molecule has 1 aromatic rings. The second-order valence-corrected chi connectivity index (χ2v) is 7.33. The molecule has 27 heavy (non-hydrogen) atoms. The Kier molecular flexibility index (Phi) is 7.22. The largest absolute Gasteiger partial charge is 0.394 e. The van der Waals surface area contributed by atoms with Crippen molar-refractivity contribution in [3.05, 3.63) is 35.9 Å². The van der Waals surface area contributed by atoms with Crippen LogP contribution >= 0.6 is 0 Å². The number of hydrogen-bond acceptors (Lipinski definition) is 7. The third-order valence-electron chi connectivity index (χ3n) is 4.87. The first kappa shape index (κ1) is 20.7. The molecule has 7 heteroatoms. The van der Waals surface area contributed by atoms with Crippen LogP contribution in [0.4, 0.5) is 0 Å². The summed E-state index contributed by atoms with van der Waals surface area (Å²) in [6.45, 7) is 6.22. The molecule has 2 aliphatic heterocycles. The molecular weight excluding hydrogens is 352 g/mol. The standard InChI is InChI=1S/C20H30O7/c1-12(2)19-26-18-16(22)17(25-20(18)27-19)15(11-23-10-9-21)24-13(3)14-7-5-4-6-8-14/h4-8,12-13,15-22H,9-11H2,1-3H3/t13?,15?,16?,17-,18?,19+,20?/m1/s1. The third-order valence-corrected chi connectivity index (χ3v) is 4.87. The van der Waals surface area contributed by atoms with Gasteiger partial charge in [-0.25, -0.2) is 0 Å². The highest BCUT2D eigenvalue weighted by Gasteiger charge is 2.54. The molecule has 1 aromatic carbocycles. The minimum atomic E-state index is -0.885. The summed E-state index contributed by atoms with van der Waals surface area (Å²) in [7, 11) is 0. The molecule has 7 atom stereocenters. The minimum absolute atomic E-state index is 0.0808. The molecule has 0 radical (unpaired) electrons. The van der Waals surface area contributed by atoms with Gasteiger partial charge >= 0.3 is 0 Å². The number of benzene rings is 1. The summed E-state index contributed by atoms with van der Waals surface area (Å²) in [5.74, 6) is 0.169. The Morgan fingerprint density at radius 1 is 1.07 bits per heavy atom. The van der Waals surface area contributed by atoms with Gasteiger partial charge in [0.1, 0.15) is 24.4 Å². The van der Waals surface area contributed by atoms with Crippen LogP contribution in [0.2, 0.25) is 0 Å². The Morgan fingerprint density at radius 3 is 2.44 bits per heavy atom. The van der Waals surface area contributed by atoms with Crippen LogP contribution in [-0.2, 0) is 23.7 Å². The van der Waals surface area contributed by atoms with Crippen LogP contribution in [0.25, 0.3) is 0 Å². The molecule has 2 N–H and O–H groups in total. The average molecular weight is 382 g/mol. The molecule has 2 saturated heterocycles. The molecular formula is C20H30O7. The highest BCUT2D eigenvalue weighted by atomic mass is 16.8. The van der Waals surface area contributed by atoms with Crippen LogP contribution in [0.1, 0.15) is 32.4 Å². The molecule has 5 unspecified atom stereocenters. The van der Waals surface area contributed by atoms with Crippen molar-refractivity contribution in [2.45, 2.75) is 63.9 Å². The molecule has 7 nitrogen and oxygen atoms in total. The zero-order valence-electron chi connectivity index (χ0n) is 16.1. The van der Waals surface area contributed by atoms with E-state index in [-0.39, 0.29) is 38.1 Å². The van der Waals surface area contributed by atoms with Crippen molar-refractivity contribution in [3.8, 4) is 0 Å². The van der Waals surface area contributed by atoms with Crippen LogP contribution in [0, 0.1) is 5.92 Å². The fourth-order valence-corrected chi connectivity index (χ4v) is 3.40. The number of fused-ring (bicyclic) bond motifs is 1. The number of ether oxygens (including phenoxy) is 5. The van der Waals surface area contributed by atoms with Crippen LogP contribution in [0.3, 0.4) is 0 Å². The van der Waals surface area contributed by atoms with Gasteiger partial charge in [-0.3, -0.25) is 0 Å². The summed E-state index contributed by atoms with van der Waals surface area (Å²) in [5.41, 5.74) is 1.02. The summed E-state index contributed by atoms with van der Waals surface area (Å²) in [4.78, 5) is 0. The summed E-state index contributed by atoms with van der Waals surface area (Å²) < 4.78 is 29.2. The summed E-state index contributed by atoms with van der Waals surface area (Å²) in [6.07, 6.45) is -3.81. The number of rotatable bonds is 9. The molecule has 2 aliphatic rings. The van der Waals surface area contributed by atoms with E-state index in [9.17, 15) is 5.11 Å². The Bertz CT molecular complexity index is 567. The lowest BCUT2D eigenvalue weighted by atomic mass is 10.1. The van der Waals surface area contributed by atoms with Gasteiger partial charge in [0.25, 0.3) is 0 Å². The van der Waals surface area contributed by atoms with E-state index in [2.05, 4.69) is 0 Å². The van der Waals surface area contributed by atoms with E-state index in [0.29, 0.717) is 0 Å². The predicted octanol–water partition coefficient (Wildman–Crippen LogP) is 1.62. The van der Waals surface area contributed by atoms with Crippen molar-refractivity contribution in [2.75, 3.05) is 19.8 Å². The molecule has 0 bridgehead atoms. The van der Waals surface area contributed by atoms with Gasteiger partial charge in [-0.2, -0.15) is 0 Å². The smallest absolute Gasteiger partial charge is 0.190 e. The molecule has 0 aromatic heterocycles. The van der Waals surface area contributed by atoms with Crippen LogP contribution < -0.4 is 0 Å². The van der Waals surface area contributed by atoms with Gasteiger partial charge < -0.3 is 33.9 Å². The zero-order valence-corrected chi connectivity index (χ0v) is 16.1. The maximum absolute atomic E-state index is 10.8. The van der Waals surface area contributed by atoms with Gasteiger partial charge in [-0.05, 0) is 12.5 Å². The van der Waals surface area contributed by atoms with Crippen LogP contribution in [0.15, 0.2) is 30.3 Å². The second kappa shape index (κ2) is 9.43. The molecule has 152 valence electrons. The number of aliphatic hydroxyl groups excluding tert-OH is 2. The maximum atomic E-state index is 10.8. The first-order valence-electron chi connectivity index (χ1n) is 9.54. The van der Waals surface area contributed by atoms with E-state index in [1.54, 1.807) is 0 Å². The average Bonchev–Trinajstić information content (AvgIpc) is 3.21. The van der Waals surface area contributed by atoms with E-state index in [4.69, 9.17) is 28.8 Å². The second-order valence-electron chi connectivity index (χ2n) is 7.33. The number of hydrogen-bond donors (Lipinski definition) is 2. The molecule has 0 spiro atoms. The van der Waals surface area contributed by atoms with Crippen molar-refractivity contribution in [1.29, 1.82) is 0 Å².